The maximum absolute atomic E-state index is 12.1. The number of halogens is 1. The molecule has 0 aromatic heterocycles. The van der Waals surface area contributed by atoms with Gasteiger partial charge in [0.05, 0.1) is 12.0 Å². The molecule has 0 aliphatic heterocycles. The molecule has 1 N–H and O–H groups in total. The van der Waals surface area contributed by atoms with Crippen LogP contribution in [0.15, 0.2) is 24.3 Å². The normalized spacial score (nSPS) is 17.3. The van der Waals surface area contributed by atoms with Gasteiger partial charge in [0.2, 0.25) is 0 Å². The molecule has 1 aromatic rings. The number of carbonyl (C=O) groups is 1. The molecule has 1 aliphatic rings. The molecule has 4 heteroatoms. The summed E-state index contributed by atoms with van der Waals surface area (Å²) >= 11 is 5.98. The summed E-state index contributed by atoms with van der Waals surface area (Å²) in [7, 11) is 0. The lowest BCUT2D eigenvalue weighted by Gasteiger charge is -2.40. The van der Waals surface area contributed by atoms with Crippen LogP contribution in [-0.2, 0) is 15.0 Å². The second-order valence-corrected chi connectivity index (χ2v) is 4.75. The van der Waals surface area contributed by atoms with Crippen molar-refractivity contribution in [2.75, 3.05) is 6.61 Å². The third kappa shape index (κ3) is 2.31. The number of hydrogen-bond donors (Lipinski definition) is 1. The Bertz CT molecular complexity index is 416. The topological polar surface area (TPSA) is 38.3 Å². The average Bonchev–Trinajstić information content (AvgIpc) is 2.25. The van der Waals surface area contributed by atoms with Crippen molar-refractivity contribution in [2.24, 2.45) is 0 Å². The van der Waals surface area contributed by atoms with Gasteiger partial charge in [-0.2, -0.15) is 0 Å². The van der Waals surface area contributed by atoms with Crippen molar-refractivity contribution < 1.29 is 9.63 Å². The number of carbonyl (C=O) groups excluding carboxylic acids is 1. The lowest BCUT2D eigenvalue weighted by Crippen LogP contribution is -2.49. The molecule has 2 rings (SSSR count). The van der Waals surface area contributed by atoms with Gasteiger partial charge in [-0.1, -0.05) is 30.2 Å². The summed E-state index contributed by atoms with van der Waals surface area (Å²) in [6, 6.07) is 7.52. The molecule has 1 fully saturated rings. The fraction of sp³-hybridized carbons (Fsp3) is 0.462. The number of hydrogen-bond acceptors (Lipinski definition) is 2. The lowest BCUT2D eigenvalue weighted by molar-refractivity contribution is -0.142. The van der Waals surface area contributed by atoms with Gasteiger partial charge in [0.1, 0.15) is 0 Å². The SMILES string of the molecule is CCONC(=O)C1(c2cccc(Cl)c2)CCC1. The minimum atomic E-state index is -0.444. The average molecular weight is 254 g/mol. The molecular weight excluding hydrogens is 238 g/mol. The Morgan fingerprint density at radius 2 is 2.29 bits per heavy atom. The first kappa shape index (κ1) is 12.4. The van der Waals surface area contributed by atoms with E-state index in [-0.39, 0.29) is 5.91 Å². The zero-order valence-corrected chi connectivity index (χ0v) is 10.6. The highest BCUT2D eigenvalue weighted by molar-refractivity contribution is 6.30. The molecule has 0 saturated heterocycles. The van der Waals surface area contributed by atoms with E-state index in [4.69, 9.17) is 16.4 Å². The first-order valence-electron chi connectivity index (χ1n) is 5.87. The molecule has 1 amide bonds. The van der Waals surface area contributed by atoms with E-state index >= 15 is 0 Å². The number of benzene rings is 1. The first-order valence-corrected chi connectivity index (χ1v) is 6.25. The minimum absolute atomic E-state index is 0.0622. The fourth-order valence-electron chi connectivity index (χ4n) is 2.20. The molecule has 0 spiro atoms. The molecule has 0 bridgehead atoms. The molecule has 0 unspecified atom stereocenters. The smallest absolute Gasteiger partial charge is 0.254 e. The van der Waals surface area contributed by atoms with Crippen LogP contribution in [0.5, 0.6) is 0 Å². The summed E-state index contributed by atoms with van der Waals surface area (Å²) in [5.41, 5.74) is 3.05. The molecule has 92 valence electrons. The van der Waals surface area contributed by atoms with E-state index in [1.54, 1.807) is 0 Å². The second kappa shape index (κ2) is 5.07. The highest BCUT2D eigenvalue weighted by Gasteiger charge is 2.45. The van der Waals surface area contributed by atoms with E-state index in [0.29, 0.717) is 11.6 Å². The van der Waals surface area contributed by atoms with Gasteiger partial charge >= 0.3 is 0 Å². The Labute approximate surface area is 106 Å². The number of nitrogens with one attached hydrogen (secondary N) is 1. The van der Waals surface area contributed by atoms with Crippen LogP contribution in [0, 0.1) is 0 Å². The third-order valence-electron chi connectivity index (χ3n) is 3.33. The molecule has 0 heterocycles. The van der Waals surface area contributed by atoms with Crippen LogP contribution in [0.25, 0.3) is 0 Å². The molecule has 0 radical (unpaired) electrons. The second-order valence-electron chi connectivity index (χ2n) is 4.31. The molecule has 0 atom stereocenters. The Kier molecular flexibility index (Phi) is 3.69. The Morgan fingerprint density at radius 3 is 2.82 bits per heavy atom. The molecule has 1 saturated carbocycles. The van der Waals surface area contributed by atoms with E-state index < -0.39 is 5.41 Å². The molecular formula is C13H16ClNO2. The van der Waals surface area contributed by atoms with Crippen molar-refractivity contribution in [3.05, 3.63) is 34.9 Å². The van der Waals surface area contributed by atoms with E-state index in [1.807, 2.05) is 31.2 Å². The fourth-order valence-corrected chi connectivity index (χ4v) is 2.39. The van der Waals surface area contributed by atoms with Crippen molar-refractivity contribution in [2.45, 2.75) is 31.6 Å². The van der Waals surface area contributed by atoms with Crippen molar-refractivity contribution in [1.82, 2.24) is 5.48 Å². The summed E-state index contributed by atoms with van der Waals surface area (Å²) in [4.78, 5) is 17.1. The number of amides is 1. The maximum atomic E-state index is 12.1. The Morgan fingerprint density at radius 1 is 1.53 bits per heavy atom. The van der Waals surface area contributed by atoms with Gasteiger partial charge in [-0.05, 0) is 37.5 Å². The van der Waals surface area contributed by atoms with Crippen molar-refractivity contribution in [3.8, 4) is 0 Å². The molecule has 1 aromatic carbocycles. The van der Waals surface area contributed by atoms with Gasteiger partial charge in [-0.3, -0.25) is 9.63 Å². The van der Waals surface area contributed by atoms with Gasteiger partial charge in [-0.25, -0.2) is 5.48 Å². The van der Waals surface area contributed by atoms with Gasteiger partial charge in [0.15, 0.2) is 0 Å². The molecule has 3 nitrogen and oxygen atoms in total. The van der Waals surface area contributed by atoms with Crippen LogP contribution in [0.2, 0.25) is 5.02 Å². The molecule has 17 heavy (non-hydrogen) atoms. The van der Waals surface area contributed by atoms with Crippen LogP contribution >= 0.6 is 11.6 Å². The highest BCUT2D eigenvalue weighted by Crippen LogP contribution is 2.44. The summed E-state index contributed by atoms with van der Waals surface area (Å²) < 4.78 is 0. The first-order chi connectivity index (χ1) is 8.19. The zero-order valence-electron chi connectivity index (χ0n) is 9.83. The van der Waals surface area contributed by atoms with Gasteiger partial charge < -0.3 is 0 Å². The van der Waals surface area contributed by atoms with Crippen LogP contribution in [0.1, 0.15) is 31.7 Å². The van der Waals surface area contributed by atoms with Crippen LogP contribution < -0.4 is 5.48 Å². The van der Waals surface area contributed by atoms with Gasteiger partial charge in [-0.15, -0.1) is 0 Å². The van der Waals surface area contributed by atoms with Crippen molar-refractivity contribution in [1.29, 1.82) is 0 Å². The number of rotatable bonds is 4. The minimum Gasteiger partial charge on any atom is -0.274 e. The summed E-state index contributed by atoms with van der Waals surface area (Å²) in [6.45, 7) is 2.31. The maximum Gasteiger partial charge on any atom is 0.254 e. The van der Waals surface area contributed by atoms with Crippen LogP contribution in [0.3, 0.4) is 0 Å². The number of hydroxylamine groups is 1. The van der Waals surface area contributed by atoms with Crippen molar-refractivity contribution in [3.63, 3.8) is 0 Å². The van der Waals surface area contributed by atoms with E-state index in [1.165, 1.54) is 0 Å². The monoisotopic (exact) mass is 253 g/mol. The summed E-state index contributed by atoms with van der Waals surface area (Å²) in [6.07, 6.45) is 2.77. The van der Waals surface area contributed by atoms with E-state index in [0.717, 1.165) is 24.8 Å². The Hall–Kier alpha value is -1.06. The lowest BCUT2D eigenvalue weighted by atomic mass is 9.64. The van der Waals surface area contributed by atoms with E-state index in [9.17, 15) is 4.79 Å². The predicted molar refractivity (Wildman–Crippen MR) is 66.7 cm³/mol. The van der Waals surface area contributed by atoms with Crippen molar-refractivity contribution >= 4 is 17.5 Å². The predicted octanol–water partition coefficient (Wildman–Crippen LogP) is 2.83. The van der Waals surface area contributed by atoms with Crippen LogP contribution in [0.4, 0.5) is 0 Å². The highest BCUT2D eigenvalue weighted by atomic mass is 35.5. The summed E-state index contributed by atoms with van der Waals surface area (Å²) in [5.74, 6) is -0.0622. The van der Waals surface area contributed by atoms with Gasteiger partial charge in [0.25, 0.3) is 5.91 Å². The third-order valence-corrected chi connectivity index (χ3v) is 3.56. The molecule has 1 aliphatic carbocycles. The van der Waals surface area contributed by atoms with Gasteiger partial charge in [0, 0.05) is 5.02 Å². The van der Waals surface area contributed by atoms with Crippen LogP contribution in [-0.4, -0.2) is 12.5 Å². The summed E-state index contributed by atoms with van der Waals surface area (Å²) in [5, 5.41) is 0.665. The zero-order chi connectivity index (χ0) is 12.3. The Balaban J connectivity index is 2.22. The van der Waals surface area contributed by atoms with E-state index in [2.05, 4.69) is 5.48 Å². The quantitative estimate of drug-likeness (QED) is 0.838. The largest absolute Gasteiger partial charge is 0.274 e. The standard InChI is InChI=1S/C13H16ClNO2/c1-2-17-15-12(16)13(7-4-8-13)10-5-3-6-11(14)9-10/h3,5-6,9H,2,4,7-8H2,1H3,(H,15,16).